The number of benzene rings is 1. The zero-order valence-electron chi connectivity index (χ0n) is 10.8. The molecule has 1 aromatic carbocycles. The van der Waals surface area contributed by atoms with E-state index in [0.29, 0.717) is 27.8 Å². The van der Waals surface area contributed by atoms with Gasteiger partial charge in [0.2, 0.25) is 0 Å². The molecular formula is C15H10FN3O2. The van der Waals surface area contributed by atoms with E-state index in [1.165, 1.54) is 12.1 Å². The largest absolute Gasteiger partial charge is 0.458 e. The standard InChI is InChI=1S/C15H10FN3O2/c16-10-1-2-13-9(5-10)6-14(21-13)15(20)11-7-18-19-4-3-17-8-12(11)19/h1-8,15,20H. The Kier molecular flexibility index (Phi) is 2.52. The van der Waals surface area contributed by atoms with Gasteiger partial charge in [-0.15, -0.1) is 0 Å². The molecule has 21 heavy (non-hydrogen) atoms. The van der Waals surface area contributed by atoms with Crippen LogP contribution in [0.2, 0.25) is 0 Å². The van der Waals surface area contributed by atoms with E-state index in [1.54, 1.807) is 41.4 Å². The second-order valence-electron chi connectivity index (χ2n) is 4.74. The number of hydrogen-bond donors (Lipinski definition) is 1. The van der Waals surface area contributed by atoms with Crippen molar-refractivity contribution in [2.24, 2.45) is 0 Å². The zero-order valence-corrected chi connectivity index (χ0v) is 10.8. The quantitative estimate of drug-likeness (QED) is 0.614. The predicted molar refractivity (Wildman–Crippen MR) is 73.2 cm³/mol. The van der Waals surface area contributed by atoms with Gasteiger partial charge in [0.15, 0.2) is 0 Å². The second kappa shape index (κ2) is 4.39. The summed E-state index contributed by atoms with van der Waals surface area (Å²) in [5.41, 5.74) is 1.80. The zero-order chi connectivity index (χ0) is 14.4. The molecule has 0 radical (unpaired) electrons. The molecule has 5 nitrogen and oxygen atoms in total. The van der Waals surface area contributed by atoms with Gasteiger partial charge in [-0.2, -0.15) is 5.10 Å². The Hall–Kier alpha value is -2.73. The van der Waals surface area contributed by atoms with E-state index in [0.717, 1.165) is 0 Å². The minimum atomic E-state index is -0.984. The maximum Gasteiger partial charge on any atom is 0.140 e. The number of aromatic nitrogens is 3. The van der Waals surface area contributed by atoms with Crippen LogP contribution in [-0.4, -0.2) is 19.7 Å². The maximum absolute atomic E-state index is 13.2. The first-order valence-corrected chi connectivity index (χ1v) is 6.37. The Morgan fingerprint density at radius 2 is 2.14 bits per heavy atom. The fraction of sp³-hybridized carbons (Fsp3) is 0.0667. The predicted octanol–water partition coefficient (Wildman–Crippen LogP) is 2.70. The van der Waals surface area contributed by atoms with Gasteiger partial charge < -0.3 is 9.52 Å². The van der Waals surface area contributed by atoms with Gasteiger partial charge in [0, 0.05) is 23.3 Å². The highest BCUT2D eigenvalue weighted by Crippen LogP contribution is 2.30. The van der Waals surface area contributed by atoms with Gasteiger partial charge >= 0.3 is 0 Å². The smallest absolute Gasteiger partial charge is 0.140 e. The van der Waals surface area contributed by atoms with E-state index in [2.05, 4.69) is 10.1 Å². The van der Waals surface area contributed by atoms with Crippen molar-refractivity contribution in [3.8, 4) is 0 Å². The lowest BCUT2D eigenvalue weighted by molar-refractivity contribution is 0.193. The fourth-order valence-corrected chi connectivity index (χ4v) is 2.39. The molecule has 1 unspecified atom stereocenters. The molecule has 6 heteroatoms. The fourth-order valence-electron chi connectivity index (χ4n) is 2.39. The highest BCUT2D eigenvalue weighted by atomic mass is 19.1. The normalized spacial score (nSPS) is 13.0. The Balaban J connectivity index is 1.83. The van der Waals surface area contributed by atoms with Crippen molar-refractivity contribution in [3.63, 3.8) is 0 Å². The molecule has 1 atom stereocenters. The number of fused-ring (bicyclic) bond motifs is 2. The molecule has 0 saturated heterocycles. The van der Waals surface area contributed by atoms with Crippen LogP contribution in [0.15, 0.2) is 53.5 Å². The topological polar surface area (TPSA) is 63.6 Å². The third kappa shape index (κ3) is 1.88. The number of aliphatic hydroxyl groups excluding tert-OH is 1. The number of furan rings is 1. The van der Waals surface area contributed by atoms with Crippen molar-refractivity contribution in [1.82, 2.24) is 14.6 Å². The molecule has 0 aliphatic heterocycles. The second-order valence-corrected chi connectivity index (χ2v) is 4.74. The summed E-state index contributed by atoms with van der Waals surface area (Å²) in [5.74, 6) is -0.00104. The molecule has 0 bridgehead atoms. The molecule has 4 aromatic rings. The SMILES string of the molecule is OC(c1cc2cc(F)ccc2o1)c1cnn2ccncc12. The van der Waals surface area contributed by atoms with Gasteiger partial charge in [0.25, 0.3) is 0 Å². The van der Waals surface area contributed by atoms with Crippen molar-refractivity contribution in [1.29, 1.82) is 0 Å². The molecule has 0 spiro atoms. The lowest BCUT2D eigenvalue weighted by Gasteiger charge is -2.05. The third-order valence-electron chi connectivity index (χ3n) is 3.42. The van der Waals surface area contributed by atoms with E-state index in [1.807, 2.05) is 0 Å². The van der Waals surface area contributed by atoms with Crippen LogP contribution in [0.3, 0.4) is 0 Å². The van der Waals surface area contributed by atoms with Gasteiger partial charge in [-0.25, -0.2) is 8.91 Å². The maximum atomic E-state index is 13.2. The minimum absolute atomic E-state index is 0.342. The highest BCUT2D eigenvalue weighted by Gasteiger charge is 2.20. The summed E-state index contributed by atoms with van der Waals surface area (Å²) in [4.78, 5) is 4.02. The van der Waals surface area contributed by atoms with Crippen LogP contribution in [0.1, 0.15) is 17.4 Å². The number of rotatable bonds is 2. The van der Waals surface area contributed by atoms with Crippen LogP contribution in [0, 0.1) is 5.82 Å². The number of aliphatic hydroxyl groups is 1. The van der Waals surface area contributed by atoms with Crippen molar-refractivity contribution in [2.75, 3.05) is 0 Å². The molecule has 104 valence electrons. The molecule has 4 rings (SSSR count). The molecule has 0 fully saturated rings. The van der Waals surface area contributed by atoms with E-state index in [9.17, 15) is 9.50 Å². The minimum Gasteiger partial charge on any atom is -0.458 e. The van der Waals surface area contributed by atoms with Crippen LogP contribution in [0.25, 0.3) is 16.5 Å². The summed E-state index contributed by atoms with van der Waals surface area (Å²) < 4.78 is 20.4. The van der Waals surface area contributed by atoms with Crippen LogP contribution in [0.4, 0.5) is 4.39 Å². The van der Waals surface area contributed by atoms with Crippen LogP contribution >= 0.6 is 0 Å². The van der Waals surface area contributed by atoms with Gasteiger partial charge in [-0.05, 0) is 24.3 Å². The van der Waals surface area contributed by atoms with Crippen molar-refractivity contribution in [3.05, 3.63) is 66.2 Å². The lowest BCUT2D eigenvalue weighted by Crippen LogP contribution is -1.97. The first-order chi connectivity index (χ1) is 10.2. The first-order valence-electron chi connectivity index (χ1n) is 6.37. The summed E-state index contributed by atoms with van der Waals surface area (Å²) in [7, 11) is 0. The van der Waals surface area contributed by atoms with Crippen LogP contribution in [-0.2, 0) is 0 Å². The Bertz CT molecular complexity index is 944. The van der Waals surface area contributed by atoms with E-state index in [4.69, 9.17) is 4.42 Å². The average Bonchev–Trinajstić information content (AvgIpc) is 3.09. The molecular weight excluding hydrogens is 273 g/mol. The van der Waals surface area contributed by atoms with Gasteiger partial charge in [0.05, 0.1) is 17.9 Å². The summed E-state index contributed by atoms with van der Waals surface area (Å²) in [6.45, 7) is 0. The molecule has 1 N–H and O–H groups in total. The van der Waals surface area contributed by atoms with Crippen molar-refractivity contribution < 1.29 is 13.9 Å². The number of nitrogens with zero attached hydrogens (tertiary/aromatic N) is 3. The monoisotopic (exact) mass is 283 g/mol. The van der Waals surface area contributed by atoms with E-state index >= 15 is 0 Å². The lowest BCUT2D eigenvalue weighted by atomic mass is 10.1. The average molecular weight is 283 g/mol. The Morgan fingerprint density at radius 1 is 1.24 bits per heavy atom. The van der Waals surface area contributed by atoms with Gasteiger partial charge in [-0.1, -0.05) is 0 Å². The molecule has 3 heterocycles. The molecule has 0 saturated carbocycles. The number of hydrogen-bond acceptors (Lipinski definition) is 4. The molecule has 0 aliphatic carbocycles. The number of halogens is 1. The third-order valence-corrected chi connectivity index (χ3v) is 3.42. The van der Waals surface area contributed by atoms with Gasteiger partial charge in [0.1, 0.15) is 23.3 Å². The molecule has 3 aromatic heterocycles. The van der Waals surface area contributed by atoms with E-state index in [-0.39, 0.29) is 5.82 Å². The highest BCUT2D eigenvalue weighted by molar-refractivity contribution is 5.78. The van der Waals surface area contributed by atoms with Gasteiger partial charge in [-0.3, -0.25) is 4.98 Å². The summed E-state index contributed by atoms with van der Waals surface area (Å²) in [6, 6.07) is 5.86. The summed E-state index contributed by atoms with van der Waals surface area (Å²) >= 11 is 0. The Labute approximate surface area is 118 Å². The summed E-state index contributed by atoms with van der Waals surface area (Å²) in [5, 5.41) is 15.2. The van der Waals surface area contributed by atoms with Crippen LogP contribution < -0.4 is 0 Å². The van der Waals surface area contributed by atoms with E-state index < -0.39 is 6.10 Å². The first kappa shape index (κ1) is 12.0. The molecule has 0 amide bonds. The van der Waals surface area contributed by atoms with Crippen molar-refractivity contribution >= 4 is 16.5 Å². The summed E-state index contributed by atoms with van der Waals surface area (Å²) in [6.07, 6.45) is 5.50. The van der Waals surface area contributed by atoms with Crippen molar-refractivity contribution in [2.45, 2.75) is 6.10 Å². The Morgan fingerprint density at radius 3 is 3.05 bits per heavy atom. The van der Waals surface area contributed by atoms with Crippen LogP contribution in [0.5, 0.6) is 0 Å². The molecule has 0 aliphatic rings.